The van der Waals surface area contributed by atoms with E-state index in [9.17, 15) is 19.8 Å². The largest absolute Gasteiger partial charge is 0.550 e. The summed E-state index contributed by atoms with van der Waals surface area (Å²) in [4.78, 5) is 22.7. The molecule has 0 saturated carbocycles. The van der Waals surface area contributed by atoms with Gasteiger partial charge in [0, 0.05) is 22.9 Å². The highest BCUT2D eigenvalue weighted by Crippen LogP contribution is 2.18. The van der Waals surface area contributed by atoms with Gasteiger partial charge in [-0.25, -0.2) is 0 Å². The maximum Gasteiger partial charge on any atom is 0.177 e. The summed E-state index contributed by atoms with van der Waals surface area (Å²) < 4.78 is 21.3. The quantitative estimate of drug-likeness (QED) is 0.578. The van der Waals surface area contributed by atoms with Crippen LogP contribution in [-0.2, 0) is 9.59 Å². The van der Waals surface area contributed by atoms with Crippen LogP contribution in [0.5, 0.6) is 0 Å². The fraction of sp³-hybridized carbons (Fsp3) is 0.833. The molecule has 0 aliphatic carbocycles. The molecule has 1 atom stereocenters. The zero-order chi connectivity index (χ0) is 16.2. The number of hydrogen-bond acceptors (Lipinski definition) is 4. The first-order chi connectivity index (χ1) is 8.75. The number of quaternary nitrogens is 1. The molecule has 0 aromatic carbocycles. The average molecular weight is 248 g/mol. The molecule has 0 aromatic heterocycles. The summed E-state index contributed by atoms with van der Waals surface area (Å²) in [5, 5.41) is 21.0. The van der Waals surface area contributed by atoms with Crippen LogP contribution in [0.15, 0.2) is 0 Å². The number of likely N-dealkylation sites (N-methyl/N-ethyl adjacent to an activating group) is 1. The van der Waals surface area contributed by atoms with Gasteiger partial charge in [0.05, 0.1) is 21.1 Å². The van der Waals surface area contributed by atoms with Crippen molar-refractivity contribution in [1.29, 1.82) is 0 Å². The summed E-state index contributed by atoms with van der Waals surface area (Å²) in [5.74, 6) is -2.16. The lowest BCUT2D eigenvalue weighted by Gasteiger charge is -2.34. The van der Waals surface area contributed by atoms with Crippen molar-refractivity contribution in [2.24, 2.45) is 0 Å². The zero-order valence-corrected chi connectivity index (χ0v) is 10.7. The maximum absolute atomic E-state index is 12.0. The van der Waals surface area contributed by atoms with Gasteiger partial charge < -0.3 is 19.5 Å². The van der Waals surface area contributed by atoms with Gasteiger partial charge in [0.25, 0.3) is 0 Å². The highest BCUT2D eigenvalue weighted by Gasteiger charge is 2.40. The normalized spacial score (nSPS) is 18.7. The van der Waals surface area contributed by atoms with Gasteiger partial charge in [0.2, 0.25) is 0 Å². The van der Waals surface area contributed by atoms with Gasteiger partial charge >= 0.3 is 0 Å². The van der Waals surface area contributed by atoms with Crippen LogP contribution in [0, 0.1) is 0 Å². The van der Waals surface area contributed by atoms with Gasteiger partial charge in [-0.05, 0) is 6.42 Å². The Kier molecular flexibility index (Phi) is 4.02. The van der Waals surface area contributed by atoms with Crippen LogP contribution in [-0.4, -0.2) is 54.6 Å². The minimum absolute atomic E-state index is 0.0758. The topological polar surface area (TPSA) is 77.4 Å². The number of nitrogens with zero attached hydrogens (tertiary/aromatic N) is 1. The number of hydrogen-bond donors (Lipinski definition) is 1. The molecule has 1 N–H and O–H groups in total. The smallest absolute Gasteiger partial charge is 0.177 e. The predicted molar refractivity (Wildman–Crippen MR) is 62.0 cm³/mol. The second-order valence-electron chi connectivity index (χ2n) is 5.31. The molecule has 100 valence electrons. The van der Waals surface area contributed by atoms with E-state index < -0.39 is 30.6 Å². The first kappa shape index (κ1) is 11.2. The van der Waals surface area contributed by atoms with E-state index in [1.54, 1.807) is 21.1 Å². The Labute approximate surface area is 107 Å². The maximum atomic E-state index is 12.0. The molecule has 5 heteroatoms. The highest BCUT2D eigenvalue weighted by atomic mass is 16.4. The highest BCUT2D eigenvalue weighted by molar-refractivity contribution is 5.90. The Balaban J connectivity index is 4.77. The summed E-state index contributed by atoms with van der Waals surface area (Å²) in [5.41, 5.74) is -2.02. The van der Waals surface area contributed by atoms with Gasteiger partial charge in [-0.2, -0.15) is 0 Å². The van der Waals surface area contributed by atoms with Gasteiger partial charge in [0.1, 0.15) is 6.54 Å². The number of aliphatic hydroxyl groups is 1. The van der Waals surface area contributed by atoms with Crippen molar-refractivity contribution >= 4 is 11.8 Å². The Morgan fingerprint density at radius 1 is 1.41 bits per heavy atom. The molecule has 0 heterocycles. The molecule has 0 spiro atoms. The van der Waals surface area contributed by atoms with Gasteiger partial charge in [-0.15, -0.1) is 0 Å². The van der Waals surface area contributed by atoms with Crippen LogP contribution in [0.3, 0.4) is 0 Å². The number of carbonyl (C=O) groups excluding carboxylic acids is 2. The van der Waals surface area contributed by atoms with Crippen molar-refractivity contribution in [3.05, 3.63) is 0 Å². The van der Waals surface area contributed by atoms with Crippen molar-refractivity contribution in [2.45, 2.75) is 38.1 Å². The lowest BCUT2D eigenvalue weighted by atomic mass is 9.90. The lowest BCUT2D eigenvalue weighted by molar-refractivity contribution is -0.875. The summed E-state index contributed by atoms with van der Waals surface area (Å²) in [7, 11) is 5.15. The molecular weight excluding hydrogens is 222 g/mol. The molecule has 0 fully saturated rings. The van der Waals surface area contributed by atoms with Crippen LogP contribution in [0.2, 0.25) is 0 Å². The molecule has 0 saturated heterocycles. The number of rotatable bonds is 8. The minimum Gasteiger partial charge on any atom is -0.550 e. The summed E-state index contributed by atoms with van der Waals surface area (Å²) in [6, 6.07) is 0. The molecule has 0 amide bonds. The monoisotopic (exact) mass is 248 g/mol. The first-order valence-corrected chi connectivity index (χ1v) is 5.51. The second-order valence-corrected chi connectivity index (χ2v) is 5.31. The first-order valence-electron chi connectivity index (χ1n) is 7.01. The number of aliphatic carboxylic acids is 1. The zero-order valence-electron chi connectivity index (χ0n) is 13.7. The van der Waals surface area contributed by atoms with Crippen molar-refractivity contribution in [3.63, 3.8) is 0 Å². The minimum atomic E-state index is -2.13. The second kappa shape index (κ2) is 6.12. The Morgan fingerprint density at radius 3 is 2.41 bits per heavy atom. The third-order valence-electron chi connectivity index (χ3n) is 2.27. The molecule has 0 rings (SSSR count). The number of carboxylic acid groups (broad SMARTS) is 1. The predicted octanol–water partition coefficient (Wildman–Crippen LogP) is -0.677. The molecule has 0 radical (unpaired) electrons. The number of carboxylic acids is 1. The van der Waals surface area contributed by atoms with Crippen LogP contribution < -0.4 is 5.11 Å². The Morgan fingerprint density at radius 2 is 2.00 bits per heavy atom. The third kappa shape index (κ3) is 6.38. The lowest BCUT2D eigenvalue weighted by Crippen LogP contribution is -2.56. The summed E-state index contributed by atoms with van der Waals surface area (Å²) in [6.45, 7) is -2.21. The van der Waals surface area contributed by atoms with E-state index in [0.717, 1.165) is 0 Å². The third-order valence-corrected chi connectivity index (χ3v) is 2.27. The summed E-state index contributed by atoms with van der Waals surface area (Å²) in [6.07, 6.45) is -1.01. The van der Waals surface area contributed by atoms with Gasteiger partial charge in [-0.1, -0.05) is 13.3 Å². The SMILES string of the molecule is [2H]C([2H])([2H])CCCC(=O)C(O)(CC(=O)[O-])C[N+](C)(C)C. The van der Waals surface area contributed by atoms with E-state index in [0.29, 0.717) is 0 Å². The number of carbonyl (C=O) groups is 2. The van der Waals surface area contributed by atoms with Crippen LogP contribution in [0.25, 0.3) is 0 Å². The van der Waals surface area contributed by atoms with Crippen LogP contribution in [0.4, 0.5) is 0 Å². The summed E-state index contributed by atoms with van der Waals surface area (Å²) >= 11 is 0. The van der Waals surface area contributed by atoms with E-state index in [-0.39, 0.29) is 30.3 Å². The molecule has 0 aliphatic rings. The molecule has 0 aliphatic heterocycles. The average Bonchev–Trinajstić information content (AvgIpc) is 2.10. The Bertz CT molecular complexity index is 363. The van der Waals surface area contributed by atoms with Crippen LogP contribution in [0.1, 0.15) is 36.6 Å². The van der Waals surface area contributed by atoms with Gasteiger partial charge in [0.15, 0.2) is 11.4 Å². The van der Waals surface area contributed by atoms with Crippen molar-refractivity contribution in [1.82, 2.24) is 0 Å². The van der Waals surface area contributed by atoms with E-state index in [1.807, 2.05) is 0 Å². The fourth-order valence-corrected chi connectivity index (χ4v) is 1.75. The van der Waals surface area contributed by atoms with E-state index in [4.69, 9.17) is 4.11 Å². The van der Waals surface area contributed by atoms with E-state index >= 15 is 0 Å². The van der Waals surface area contributed by atoms with Crippen molar-refractivity contribution in [3.8, 4) is 0 Å². The molecule has 1 unspecified atom stereocenters. The molecule has 0 aromatic rings. The van der Waals surface area contributed by atoms with E-state index in [2.05, 4.69) is 0 Å². The molecular formula is C12H23NO4. The number of ketones is 1. The molecule has 5 nitrogen and oxygen atoms in total. The number of Topliss-reactive ketones (excluding diaryl/α,β-unsaturated/α-hetero) is 1. The standard InChI is InChI=1S/C12H23NO4/c1-5-6-7-10(14)12(17,8-11(15)16)9-13(2,3)4/h17H,5-9H2,1-4H3/i1D3. The van der Waals surface area contributed by atoms with Gasteiger partial charge in [-0.3, -0.25) is 4.79 Å². The molecule has 17 heavy (non-hydrogen) atoms. The van der Waals surface area contributed by atoms with Crippen molar-refractivity contribution in [2.75, 3.05) is 27.7 Å². The van der Waals surface area contributed by atoms with Crippen LogP contribution >= 0.6 is 0 Å². The van der Waals surface area contributed by atoms with E-state index in [1.165, 1.54) is 0 Å². The fourth-order valence-electron chi connectivity index (χ4n) is 1.75. The Hall–Kier alpha value is -0.940. The van der Waals surface area contributed by atoms with Crippen molar-refractivity contribution < 1.29 is 28.4 Å². The molecule has 0 bridgehead atoms.